The van der Waals surface area contributed by atoms with Crippen LogP contribution in [0.2, 0.25) is 0 Å². The standard InChI is InChI=1S/C15H17FN2O3/c16-12-6-4-11(5-7-12)13-17-18(14(19)21-13)10-15(20)8-2-1-3-9-15/h4-7,20H,1-3,8-10H2. The molecular formula is C15H17FN2O3. The number of hydrogen-bond donors (Lipinski definition) is 1. The van der Waals surface area contributed by atoms with Crippen molar-refractivity contribution in [3.8, 4) is 11.5 Å². The molecule has 0 aliphatic heterocycles. The van der Waals surface area contributed by atoms with Gasteiger partial charge in [-0.3, -0.25) is 0 Å². The maximum absolute atomic E-state index is 12.9. The van der Waals surface area contributed by atoms with Crippen LogP contribution < -0.4 is 5.76 Å². The number of benzene rings is 1. The largest absolute Gasteiger partial charge is 0.437 e. The Bertz CT molecular complexity index is 669. The summed E-state index contributed by atoms with van der Waals surface area (Å²) in [7, 11) is 0. The van der Waals surface area contributed by atoms with Crippen LogP contribution in [-0.4, -0.2) is 20.5 Å². The molecule has 0 bridgehead atoms. The van der Waals surface area contributed by atoms with Gasteiger partial charge in [0.2, 0.25) is 5.89 Å². The first-order chi connectivity index (χ1) is 10.1. The minimum Gasteiger partial charge on any atom is -0.388 e. The lowest BCUT2D eigenvalue weighted by atomic mass is 9.85. The molecule has 0 radical (unpaired) electrons. The third-order valence-corrected chi connectivity index (χ3v) is 3.93. The fourth-order valence-corrected chi connectivity index (χ4v) is 2.76. The van der Waals surface area contributed by atoms with Crippen LogP contribution in [0.15, 0.2) is 33.5 Å². The van der Waals surface area contributed by atoms with Gasteiger partial charge < -0.3 is 9.52 Å². The number of rotatable bonds is 3. The molecule has 1 N–H and O–H groups in total. The second-order valence-corrected chi connectivity index (χ2v) is 5.62. The Hall–Kier alpha value is -1.95. The molecule has 2 aromatic rings. The average Bonchev–Trinajstić information content (AvgIpc) is 2.81. The highest BCUT2D eigenvalue weighted by atomic mass is 19.1. The van der Waals surface area contributed by atoms with Crippen LogP contribution in [0.25, 0.3) is 11.5 Å². The average molecular weight is 292 g/mol. The Kier molecular flexibility index (Phi) is 3.63. The number of aromatic nitrogens is 2. The highest BCUT2D eigenvalue weighted by Gasteiger charge is 2.31. The lowest BCUT2D eigenvalue weighted by Crippen LogP contribution is -2.39. The third-order valence-electron chi connectivity index (χ3n) is 3.93. The SMILES string of the molecule is O=c1oc(-c2ccc(F)cc2)nn1CC1(O)CCCCC1. The Morgan fingerprint density at radius 1 is 1.24 bits per heavy atom. The first-order valence-corrected chi connectivity index (χ1v) is 7.12. The van der Waals surface area contributed by atoms with Crippen molar-refractivity contribution in [1.29, 1.82) is 0 Å². The van der Waals surface area contributed by atoms with Gasteiger partial charge in [-0.25, -0.2) is 9.18 Å². The summed E-state index contributed by atoms with van der Waals surface area (Å²) in [4.78, 5) is 11.8. The van der Waals surface area contributed by atoms with Gasteiger partial charge >= 0.3 is 5.76 Å². The molecular weight excluding hydrogens is 275 g/mol. The summed E-state index contributed by atoms with van der Waals surface area (Å²) >= 11 is 0. The van der Waals surface area contributed by atoms with E-state index in [2.05, 4.69) is 5.10 Å². The van der Waals surface area contributed by atoms with Gasteiger partial charge in [-0.1, -0.05) is 19.3 Å². The quantitative estimate of drug-likeness (QED) is 0.942. The molecule has 3 rings (SSSR count). The van der Waals surface area contributed by atoms with E-state index in [0.717, 1.165) is 23.9 Å². The highest BCUT2D eigenvalue weighted by Crippen LogP contribution is 2.29. The summed E-state index contributed by atoms with van der Waals surface area (Å²) in [6, 6.07) is 5.56. The van der Waals surface area contributed by atoms with Crippen molar-refractivity contribution in [2.45, 2.75) is 44.2 Å². The van der Waals surface area contributed by atoms with Gasteiger partial charge in [-0.05, 0) is 37.1 Å². The molecule has 0 unspecified atom stereocenters. The lowest BCUT2D eigenvalue weighted by molar-refractivity contribution is -0.0157. The Labute approximate surface area is 121 Å². The van der Waals surface area contributed by atoms with Crippen molar-refractivity contribution >= 4 is 0 Å². The first kappa shape index (κ1) is 14.0. The van der Waals surface area contributed by atoms with Crippen LogP contribution >= 0.6 is 0 Å². The van der Waals surface area contributed by atoms with Crippen molar-refractivity contribution < 1.29 is 13.9 Å². The minimum absolute atomic E-state index is 0.135. The second-order valence-electron chi connectivity index (χ2n) is 5.62. The normalized spacial score (nSPS) is 17.8. The van der Waals surface area contributed by atoms with E-state index in [1.165, 1.54) is 24.3 Å². The maximum atomic E-state index is 12.9. The van der Waals surface area contributed by atoms with Crippen LogP contribution in [-0.2, 0) is 6.54 Å². The summed E-state index contributed by atoms with van der Waals surface area (Å²) in [5.41, 5.74) is -0.359. The van der Waals surface area contributed by atoms with E-state index >= 15 is 0 Å². The van der Waals surface area contributed by atoms with Crippen LogP contribution in [0, 0.1) is 5.82 Å². The fraction of sp³-hybridized carbons (Fsp3) is 0.467. The first-order valence-electron chi connectivity index (χ1n) is 7.12. The summed E-state index contributed by atoms with van der Waals surface area (Å²) < 4.78 is 19.1. The molecule has 112 valence electrons. The van der Waals surface area contributed by atoms with Crippen LogP contribution in [0.4, 0.5) is 4.39 Å². The van der Waals surface area contributed by atoms with Crippen molar-refractivity contribution in [2.24, 2.45) is 0 Å². The van der Waals surface area contributed by atoms with Crippen LogP contribution in [0.1, 0.15) is 32.1 Å². The number of nitrogens with zero attached hydrogens (tertiary/aromatic N) is 2. The highest BCUT2D eigenvalue weighted by molar-refractivity contribution is 5.51. The molecule has 0 amide bonds. The predicted molar refractivity (Wildman–Crippen MR) is 74.2 cm³/mol. The molecule has 1 aromatic heterocycles. The predicted octanol–water partition coefficient (Wildman–Crippen LogP) is 2.34. The molecule has 1 saturated carbocycles. The van der Waals surface area contributed by atoms with E-state index in [0.29, 0.717) is 18.4 Å². The van der Waals surface area contributed by atoms with Gasteiger partial charge in [0.1, 0.15) is 5.82 Å². The number of halogens is 1. The molecule has 1 fully saturated rings. The molecule has 5 nitrogen and oxygen atoms in total. The molecule has 6 heteroatoms. The van der Waals surface area contributed by atoms with Crippen molar-refractivity contribution in [3.05, 3.63) is 40.6 Å². The maximum Gasteiger partial charge on any atom is 0.437 e. The van der Waals surface area contributed by atoms with E-state index in [-0.39, 0.29) is 18.3 Å². The third kappa shape index (κ3) is 3.05. The van der Waals surface area contributed by atoms with Crippen molar-refractivity contribution in [2.75, 3.05) is 0 Å². The van der Waals surface area contributed by atoms with E-state index in [4.69, 9.17) is 4.42 Å². The van der Waals surface area contributed by atoms with Gasteiger partial charge in [0.25, 0.3) is 0 Å². The Morgan fingerprint density at radius 2 is 1.90 bits per heavy atom. The molecule has 1 aromatic carbocycles. The zero-order chi connectivity index (χ0) is 14.9. The monoisotopic (exact) mass is 292 g/mol. The van der Waals surface area contributed by atoms with E-state index < -0.39 is 11.4 Å². The molecule has 0 spiro atoms. The van der Waals surface area contributed by atoms with Gasteiger partial charge in [0.15, 0.2) is 0 Å². The summed E-state index contributed by atoms with van der Waals surface area (Å²) in [5.74, 6) is -0.829. The topological polar surface area (TPSA) is 68.3 Å². The van der Waals surface area contributed by atoms with Crippen LogP contribution in [0.3, 0.4) is 0 Å². The zero-order valence-corrected chi connectivity index (χ0v) is 11.6. The van der Waals surface area contributed by atoms with Crippen LogP contribution in [0.5, 0.6) is 0 Å². The smallest absolute Gasteiger partial charge is 0.388 e. The van der Waals surface area contributed by atoms with Gasteiger partial charge in [-0.15, -0.1) is 5.10 Å². The zero-order valence-electron chi connectivity index (χ0n) is 11.6. The van der Waals surface area contributed by atoms with Gasteiger partial charge in [0, 0.05) is 5.56 Å². The molecule has 0 saturated heterocycles. The van der Waals surface area contributed by atoms with E-state index in [9.17, 15) is 14.3 Å². The number of hydrogen-bond acceptors (Lipinski definition) is 4. The Morgan fingerprint density at radius 3 is 2.57 bits per heavy atom. The summed E-state index contributed by atoms with van der Waals surface area (Å²) in [6.45, 7) is 0.135. The van der Waals surface area contributed by atoms with Gasteiger partial charge in [0.05, 0.1) is 12.1 Å². The Balaban J connectivity index is 1.84. The molecule has 1 aliphatic carbocycles. The second kappa shape index (κ2) is 5.44. The van der Waals surface area contributed by atoms with Crippen molar-refractivity contribution in [3.63, 3.8) is 0 Å². The lowest BCUT2D eigenvalue weighted by Gasteiger charge is -2.31. The molecule has 0 atom stereocenters. The summed E-state index contributed by atoms with van der Waals surface area (Å²) in [6.07, 6.45) is 4.34. The minimum atomic E-state index is -0.890. The van der Waals surface area contributed by atoms with Crippen molar-refractivity contribution in [1.82, 2.24) is 9.78 Å². The summed E-state index contributed by atoms with van der Waals surface area (Å²) in [5, 5.41) is 14.6. The molecule has 1 aliphatic rings. The van der Waals surface area contributed by atoms with E-state index in [1.807, 2.05) is 0 Å². The van der Waals surface area contributed by atoms with Gasteiger partial charge in [-0.2, -0.15) is 4.68 Å². The number of aliphatic hydroxyl groups is 1. The van der Waals surface area contributed by atoms with E-state index in [1.54, 1.807) is 0 Å². The molecule has 1 heterocycles. The molecule has 21 heavy (non-hydrogen) atoms. The fourth-order valence-electron chi connectivity index (χ4n) is 2.76.